The van der Waals surface area contributed by atoms with Crippen LogP contribution in [0.2, 0.25) is 0 Å². The monoisotopic (exact) mass is 442 g/mol. The van der Waals surface area contributed by atoms with Gasteiger partial charge in [-0.3, -0.25) is 0 Å². The summed E-state index contributed by atoms with van der Waals surface area (Å²) in [6, 6.07) is 0. The quantitative estimate of drug-likeness (QED) is 0.359. The molecule has 2 radical (unpaired) electrons. The van der Waals surface area contributed by atoms with Gasteiger partial charge in [0.15, 0.2) is 17.4 Å². The second-order valence-corrected chi connectivity index (χ2v) is 0. The van der Waals surface area contributed by atoms with Crippen molar-refractivity contribution >= 4 is 41.3 Å². The molecule has 0 N–H and O–H groups in total. The van der Waals surface area contributed by atoms with E-state index in [0.29, 0.717) is 0 Å². The Hall–Kier alpha value is 4.20. The summed E-state index contributed by atoms with van der Waals surface area (Å²) in [7, 11) is 0. The molecule has 0 amide bonds. The molecule has 48 valence electrons. The molecule has 7 heteroatoms. The van der Waals surface area contributed by atoms with Crippen molar-refractivity contribution in [3.63, 3.8) is 0 Å². The van der Waals surface area contributed by atoms with Crippen LogP contribution in [-0.2, 0) is 91.8 Å². The van der Waals surface area contributed by atoms with Crippen LogP contribution in [0, 0.1) is 0 Å². The van der Waals surface area contributed by atoms with Gasteiger partial charge in [-0.2, -0.15) is 0 Å². The number of hydrogen-bond acceptors (Lipinski definition) is 0. The Balaban J connectivity index is 0. The molecule has 0 saturated heterocycles. The molecule has 0 atom stereocenters. The van der Waals surface area contributed by atoms with Gasteiger partial charge in [-0.1, -0.05) is 0 Å². The molecule has 0 aliphatic carbocycles. The molecule has 0 heterocycles. The fraction of sp³-hybridized carbons (Fsp3) is 0. The second kappa shape index (κ2) is 48.9. The van der Waals surface area contributed by atoms with Gasteiger partial charge in [0.2, 0.25) is 0 Å². The number of hydrogen-bond donors (Lipinski definition) is 0. The Kier molecular flexibility index (Phi) is 462. The molecule has 0 saturated carbocycles. The summed E-state index contributed by atoms with van der Waals surface area (Å²) >= 11 is 0. The van der Waals surface area contributed by atoms with E-state index in [9.17, 15) is 0 Å². The van der Waals surface area contributed by atoms with Gasteiger partial charge in [0.1, 0.15) is 0 Å². The molecule has 0 aromatic heterocycles. The van der Waals surface area contributed by atoms with Gasteiger partial charge in [0.25, 0.3) is 0 Å². The van der Waals surface area contributed by atoms with Gasteiger partial charge >= 0.3 is 23.9 Å². The van der Waals surface area contributed by atoms with Gasteiger partial charge in [-0.05, 0) is 0 Å². The van der Waals surface area contributed by atoms with Gasteiger partial charge < -0.3 is 0 Å². The first-order valence-corrected chi connectivity index (χ1v) is 0. The molecule has 0 aliphatic heterocycles. The van der Waals surface area contributed by atoms with Gasteiger partial charge in [0.05, 0.1) is 0 Å². The van der Waals surface area contributed by atoms with Crippen LogP contribution in [0.15, 0.2) is 0 Å². The topological polar surface area (TPSA) is 0 Å². The molecule has 0 fully saturated rings. The molecular weight excluding hydrogens is 436 g/mol. The van der Waals surface area contributed by atoms with Gasteiger partial charge in [-0.25, -0.2) is 0 Å². The van der Waals surface area contributed by atoms with Crippen molar-refractivity contribution < 1.29 is 91.8 Å². The van der Waals surface area contributed by atoms with Crippen LogP contribution < -0.4 is 0 Å². The average Bonchev–Trinajstić information content (AvgIpc) is 0. The predicted octanol–water partition coefficient (Wildman–Crippen LogP) is -2.65. The van der Waals surface area contributed by atoms with Gasteiger partial charge in [-0.15, -0.1) is 0 Å². The van der Waals surface area contributed by atoms with Crippen LogP contribution in [0.4, 0.5) is 0 Å². The standard InChI is InChI=1S/Al.Cu.Mn.Ni.Sn.Ti.Zn.7H. The van der Waals surface area contributed by atoms with E-state index < -0.39 is 0 Å². The maximum Gasteiger partial charge on any atom is 0 e. The van der Waals surface area contributed by atoms with E-state index in [1.807, 2.05) is 0 Å². The minimum Gasteiger partial charge on any atom is 0 e. The smallest absolute Gasteiger partial charge is 0 e. The summed E-state index contributed by atoms with van der Waals surface area (Å²) < 4.78 is 0. The summed E-state index contributed by atoms with van der Waals surface area (Å²) in [5.74, 6) is 0. The van der Waals surface area contributed by atoms with Crippen molar-refractivity contribution in [2.45, 2.75) is 0 Å². The summed E-state index contributed by atoms with van der Waals surface area (Å²) in [6.45, 7) is 0. The van der Waals surface area contributed by atoms with E-state index in [0.717, 1.165) is 0 Å². The van der Waals surface area contributed by atoms with Crippen molar-refractivity contribution in [2.24, 2.45) is 0 Å². The van der Waals surface area contributed by atoms with Crippen LogP contribution in [0.5, 0.6) is 0 Å². The molecule has 7 heavy (non-hydrogen) atoms. The number of rotatable bonds is 0. The Morgan fingerprint density at radius 2 is 1.00 bits per heavy atom. The Bertz CT molecular complexity index is 19.7. The van der Waals surface area contributed by atoms with Crippen molar-refractivity contribution in [1.29, 1.82) is 0 Å². The third-order valence-corrected chi connectivity index (χ3v) is 0. The third-order valence-electron chi connectivity index (χ3n) is 0. The van der Waals surface area contributed by atoms with Crippen LogP contribution >= 0.6 is 0 Å². The molecule has 0 rings (SSSR count). The minimum absolute atomic E-state index is 0. The molecule has 0 nitrogen and oxygen atoms in total. The summed E-state index contributed by atoms with van der Waals surface area (Å²) in [5.41, 5.74) is 0. The third kappa shape index (κ3) is 38.9. The van der Waals surface area contributed by atoms with E-state index in [-0.39, 0.29) is 133 Å². The zero-order valence-corrected chi connectivity index (χ0v) is 9.84. The maximum absolute atomic E-state index is 0. The normalized spacial score (nSPS) is 0. The molecule has 0 aliphatic rings. The average molecular weight is 443 g/mol. The first-order chi connectivity index (χ1) is 0. The Labute approximate surface area is 130 Å². The largest absolute Gasteiger partial charge is 0 e. The zero-order valence-electron chi connectivity index (χ0n) is 2.20. The van der Waals surface area contributed by atoms with E-state index in [1.165, 1.54) is 0 Å². The Morgan fingerprint density at radius 1 is 1.00 bits per heavy atom. The first-order valence-electron chi connectivity index (χ1n) is 0. The Morgan fingerprint density at radius 3 is 1.00 bits per heavy atom. The fourth-order valence-corrected chi connectivity index (χ4v) is 0. The second-order valence-electron chi connectivity index (χ2n) is 0. The van der Waals surface area contributed by atoms with Crippen molar-refractivity contribution in [2.75, 3.05) is 0 Å². The van der Waals surface area contributed by atoms with Crippen molar-refractivity contribution in [1.82, 2.24) is 0 Å². The molecule has 0 aromatic carbocycles. The molecule has 0 bridgehead atoms. The SMILES string of the molecule is [AlH3].[Cu].[Mn].[Ni].[SnH4].[Ti].[Zn]. The summed E-state index contributed by atoms with van der Waals surface area (Å²) in [6.07, 6.45) is 0. The maximum atomic E-state index is 0. The zero-order chi connectivity index (χ0) is 0. The molecule has 0 spiro atoms. The van der Waals surface area contributed by atoms with Gasteiger partial charge in [0, 0.05) is 91.8 Å². The van der Waals surface area contributed by atoms with E-state index in [1.54, 1.807) is 0 Å². The molecule has 0 unspecified atom stereocenters. The van der Waals surface area contributed by atoms with Crippen LogP contribution in [-0.4, -0.2) is 41.3 Å². The van der Waals surface area contributed by atoms with Crippen LogP contribution in [0.3, 0.4) is 0 Å². The van der Waals surface area contributed by atoms with E-state index in [4.69, 9.17) is 0 Å². The van der Waals surface area contributed by atoms with Crippen molar-refractivity contribution in [3.05, 3.63) is 0 Å². The fourth-order valence-electron chi connectivity index (χ4n) is 0. The van der Waals surface area contributed by atoms with Crippen LogP contribution in [0.25, 0.3) is 0 Å². The van der Waals surface area contributed by atoms with Crippen LogP contribution in [0.1, 0.15) is 0 Å². The first kappa shape index (κ1) is 66.0. The molecule has 0 aromatic rings. The summed E-state index contributed by atoms with van der Waals surface area (Å²) in [4.78, 5) is 0. The summed E-state index contributed by atoms with van der Waals surface area (Å²) in [5, 5.41) is 0. The van der Waals surface area contributed by atoms with Crippen molar-refractivity contribution in [3.8, 4) is 0 Å². The molecular formula is H7AlCuMnNiSnTiZn. The van der Waals surface area contributed by atoms with E-state index in [2.05, 4.69) is 0 Å². The minimum atomic E-state index is 0. The van der Waals surface area contributed by atoms with E-state index >= 15 is 0 Å². The predicted molar refractivity (Wildman–Crippen MR) is 21.3 cm³/mol.